The second-order valence-electron chi connectivity index (χ2n) is 8.61. The molecule has 0 spiro atoms. The third kappa shape index (κ3) is 4.07. The van der Waals surface area contributed by atoms with Crippen LogP contribution in [-0.4, -0.2) is 51.6 Å². The Balaban J connectivity index is 1.43. The molecule has 0 unspecified atom stereocenters. The summed E-state index contributed by atoms with van der Waals surface area (Å²) in [6, 6.07) is 19.8. The molecule has 1 amide bonds. The van der Waals surface area contributed by atoms with Gasteiger partial charge in [0.2, 0.25) is 0 Å². The van der Waals surface area contributed by atoms with E-state index in [0.717, 1.165) is 46.4 Å². The van der Waals surface area contributed by atoms with Crippen molar-refractivity contribution in [1.29, 1.82) is 0 Å². The summed E-state index contributed by atoms with van der Waals surface area (Å²) < 4.78 is 1.83. The Bertz CT molecular complexity index is 1290. The molecule has 1 fully saturated rings. The van der Waals surface area contributed by atoms with Crippen LogP contribution in [0.5, 0.6) is 0 Å². The van der Waals surface area contributed by atoms with Crippen molar-refractivity contribution in [3.8, 4) is 11.3 Å². The zero-order chi connectivity index (χ0) is 22.9. The van der Waals surface area contributed by atoms with Crippen LogP contribution in [0.15, 0.2) is 66.9 Å². The van der Waals surface area contributed by atoms with Gasteiger partial charge in [0.1, 0.15) is 0 Å². The second kappa shape index (κ2) is 8.87. The van der Waals surface area contributed by atoms with E-state index in [1.54, 1.807) is 6.20 Å². The van der Waals surface area contributed by atoms with Gasteiger partial charge in [-0.05, 0) is 18.1 Å². The molecule has 7 heteroatoms. The van der Waals surface area contributed by atoms with Crippen LogP contribution in [0.25, 0.3) is 16.9 Å². The predicted octanol–water partition coefficient (Wildman–Crippen LogP) is 5.14. The monoisotopic (exact) mass is 459 g/mol. The number of hydrogen-bond acceptors (Lipinski definition) is 4. The Morgan fingerprint density at radius 2 is 1.67 bits per heavy atom. The van der Waals surface area contributed by atoms with Gasteiger partial charge in [0, 0.05) is 44.0 Å². The van der Waals surface area contributed by atoms with Gasteiger partial charge in [0.15, 0.2) is 5.65 Å². The molecule has 5 rings (SSSR count). The lowest BCUT2D eigenvalue weighted by Gasteiger charge is -2.36. The molecular formula is C26H26ClN5O. The lowest BCUT2D eigenvalue weighted by Crippen LogP contribution is -2.49. The molecule has 1 saturated heterocycles. The van der Waals surface area contributed by atoms with Crippen molar-refractivity contribution in [2.45, 2.75) is 19.8 Å². The van der Waals surface area contributed by atoms with Gasteiger partial charge < -0.3 is 9.80 Å². The first-order chi connectivity index (χ1) is 16.0. The molecule has 1 aliphatic heterocycles. The van der Waals surface area contributed by atoms with Crippen molar-refractivity contribution in [3.63, 3.8) is 0 Å². The third-order valence-electron chi connectivity index (χ3n) is 6.13. The van der Waals surface area contributed by atoms with Crippen molar-refractivity contribution in [1.82, 2.24) is 19.5 Å². The summed E-state index contributed by atoms with van der Waals surface area (Å²) in [5.41, 5.74) is 5.15. The van der Waals surface area contributed by atoms with Crippen molar-refractivity contribution >= 4 is 28.8 Å². The molecule has 3 heterocycles. The second-order valence-corrected chi connectivity index (χ2v) is 9.02. The third-order valence-corrected chi connectivity index (χ3v) is 6.45. The first kappa shape index (κ1) is 21.5. The number of nitrogens with zero attached hydrogens (tertiary/aromatic N) is 5. The maximum atomic E-state index is 13.6. The summed E-state index contributed by atoms with van der Waals surface area (Å²) in [5.74, 6) is 0.117. The van der Waals surface area contributed by atoms with Gasteiger partial charge >= 0.3 is 0 Å². The molecule has 2 aromatic carbocycles. The van der Waals surface area contributed by atoms with Crippen LogP contribution in [0.3, 0.4) is 0 Å². The predicted molar refractivity (Wildman–Crippen MR) is 132 cm³/mol. The van der Waals surface area contributed by atoms with E-state index >= 15 is 0 Å². The maximum Gasteiger partial charge on any atom is 0.257 e. The number of para-hydroxylation sites is 1. The lowest BCUT2D eigenvalue weighted by molar-refractivity contribution is 0.0744. The van der Waals surface area contributed by atoms with Gasteiger partial charge in [-0.25, -0.2) is 9.50 Å². The van der Waals surface area contributed by atoms with Crippen molar-refractivity contribution in [2.24, 2.45) is 0 Å². The van der Waals surface area contributed by atoms with Crippen LogP contribution in [0.1, 0.15) is 35.8 Å². The van der Waals surface area contributed by atoms with Gasteiger partial charge in [-0.3, -0.25) is 4.79 Å². The molecule has 33 heavy (non-hydrogen) atoms. The first-order valence-corrected chi connectivity index (χ1v) is 11.6. The summed E-state index contributed by atoms with van der Waals surface area (Å²) in [6.45, 7) is 6.92. The SMILES string of the molecule is CC(C)c1c(C(=O)N2CCN(c3ccccc3Cl)CC2)cnc2cc(-c3ccccc3)nn12. The largest absolute Gasteiger partial charge is 0.367 e. The van der Waals surface area contributed by atoms with Gasteiger partial charge in [0.25, 0.3) is 5.91 Å². The van der Waals surface area contributed by atoms with Crippen molar-refractivity contribution in [3.05, 3.63) is 83.1 Å². The van der Waals surface area contributed by atoms with E-state index in [1.807, 2.05) is 70.1 Å². The molecule has 0 aliphatic carbocycles. The van der Waals surface area contributed by atoms with Gasteiger partial charge in [-0.1, -0.05) is 67.9 Å². The number of fused-ring (bicyclic) bond motifs is 1. The van der Waals surface area contributed by atoms with Gasteiger partial charge in [-0.2, -0.15) is 5.10 Å². The highest BCUT2D eigenvalue weighted by Gasteiger charge is 2.27. The zero-order valence-electron chi connectivity index (χ0n) is 18.8. The standard InChI is InChI=1S/C26H26ClN5O/c1-18(2)25-20(17-28-24-16-22(29-32(24)25)19-8-4-3-5-9-19)26(33)31-14-12-30(13-15-31)23-11-7-6-10-21(23)27/h3-11,16-18H,12-15H2,1-2H3. The molecule has 0 bridgehead atoms. The van der Waals surface area contributed by atoms with Gasteiger partial charge in [0.05, 0.1) is 27.7 Å². The molecule has 0 atom stereocenters. The van der Waals surface area contributed by atoms with Gasteiger partial charge in [-0.15, -0.1) is 0 Å². The Morgan fingerprint density at radius 1 is 0.970 bits per heavy atom. The van der Waals surface area contributed by atoms with E-state index in [-0.39, 0.29) is 11.8 Å². The average molecular weight is 460 g/mol. The number of benzene rings is 2. The van der Waals surface area contributed by atoms with E-state index in [1.165, 1.54) is 0 Å². The number of halogens is 1. The highest BCUT2D eigenvalue weighted by molar-refractivity contribution is 6.33. The Morgan fingerprint density at radius 3 is 2.36 bits per heavy atom. The van der Waals surface area contributed by atoms with Crippen LogP contribution in [0.2, 0.25) is 5.02 Å². The van der Waals surface area contributed by atoms with Crippen LogP contribution in [0.4, 0.5) is 5.69 Å². The number of piperazine rings is 1. The minimum absolute atomic E-state index is 0.00340. The Labute approximate surface area is 198 Å². The molecule has 1 aliphatic rings. The van der Waals surface area contributed by atoms with E-state index in [9.17, 15) is 4.79 Å². The van der Waals surface area contributed by atoms with E-state index < -0.39 is 0 Å². The quantitative estimate of drug-likeness (QED) is 0.424. The number of amides is 1. The maximum absolute atomic E-state index is 13.6. The molecule has 168 valence electrons. The van der Waals surface area contributed by atoms with E-state index in [4.69, 9.17) is 16.7 Å². The minimum Gasteiger partial charge on any atom is -0.367 e. The molecule has 6 nitrogen and oxygen atoms in total. The van der Waals surface area contributed by atoms with Crippen molar-refractivity contribution in [2.75, 3.05) is 31.1 Å². The number of hydrogen-bond donors (Lipinski definition) is 0. The van der Waals surface area contributed by atoms with Crippen LogP contribution in [-0.2, 0) is 0 Å². The van der Waals surface area contributed by atoms with E-state index in [2.05, 4.69) is 23.7 Å². The summed E-state index contributed by atoms with van der Waals surface area (Å²) in [6.07, 6.45) is 1.71. The highest BCUT2D eigenvalue weighted by Crippen LogP contribution is 2.28. The fourth-order valence-corrected chi connectivity index (χ4v) is 4.71. The highest BCUT2D eigenvalue weighted by atomic mass is 35.5. The zero-order valence-corrected chi connectivity index (χ0v) is 19.5. The number of rotatable bonds is 4. The summed E-state index contributed by atoms with van der Waals surface area (Å²) in [4.78, 5) is 22.3. The lowest BCUT2D eigenvalue weighted by atomic mass is 10.0. The molecular weight excluding hydrogens is 434 g/mol. The first-order valence-electron chi connectivity index (χ1n) is 11.3. The van der Waals surface area contributed by atoms with Crippen molar-refractivity contribution < 1.29 is 4.79 Å². The minimum atomic E-state index is 0.00340. The van der Waals surface area contributed by atoms with E-state index in [0.29, 0.717) is 18.7 Å². The smallest absolute Gasteiger partial charge is 0.257 e. The van der Waals surface area contributed by atoms with Crippen LogP contribution in [0, 0.1) is 0 Å². The molecule has 2 aromatic heterocycles. The number of aromatic nitrogens is 3. The molecule has 0 saturated carbocycles. The molecule has 4 aromatic rings. The average Bonchev–Trinajstić information content (AvgIpc) is 3.28. The topological polar surface area (TPSA) is 53.7 Å². The number of carbonyl (C=O) groups excluding carboxylic acids is 1. The fraction of sp³-hybridized carbons (Fsp3) is 0.269. The Kier molecular flexibility index (Phi) is 5.77. The number of carbonyl (C=O) groups is 1. The normalized spacial score (nSPS) is 14.3. The Hall–Kier alpha value is -3.38. The fourth-order valence-electron chi connectivity index (χ4n) is 4.45. The van der Waals surface area contributed by atoms with Crippen LogP contribution >= 0.6 is 11.6 Å². The summed E-state index contributed by atoms with van der Waals surface area (Å²) in [7, 11) is 0. The number of anilines is 1. The summed E-state index contributed by atoms with van der Waals surface area (Å²) >= 11 is 6.37. The summed E-state index contributed by atoms with van der Waals surface area (Å²) in [5, 5.41) is 5.55. The van der Waals surface area contributed by atoms with Crippen LogP contribution < -0.4 is 4.90 Å². The molecule has 0 radical (unpaired) electrons. The molecule has 0 N–H and O–H groups in total.